The molecule has 0 saturated carbocycles. The number of allylic oxidation sites excluding steroid dienone is 1. The quantitative estimate of drug-likeness (QED) is 0.271. The molecule has 0 spiro atoms. The van der Waals surface area contributed by atoms with Gasteiger partial charge in [0.15, 0.2) is 4.80 Å². The first-order valence-electron chi connectivity index (χ1n) is 12.3. The Bertz CT molecular complexity index is 1630. The molecule has 3 heterocycles. The van der Waals surface area contributed by atoms with E-state index in [-0.39, 0.29) is 17.9 Å². The molecule has 1 fully saturated rings. The number of fused-ring (bicyclic) bond motifs is 1. The van der Waals surface area contributed by atoms with Gasteiger partial charge in [0.1, 0.15) is 5.82 Å². The van der Waals surface area contributed by atoms with Crippen molar-refractivity contribution in [1.29, 1.82) is 0 Å². The van der Waals surface area contributed by atoms with Gasteiger partial charge >= 0.3 is 5.97 Å². The van der Waals surface area contributed by atoms with Gasteiger partial charge in [0, 0.05) is 36.5 Å². The number of benzene rings is 2. The molecule has 1 atom stereocenters. The number of thiazole rings is 1. The van der Waals surface area contributed by atoms with Gasteiger partial charge < -0.3 is 9.64 Å². The van der Waals surface area contributed by atoms with Gasteiger partial charge in [-0.05, 0) is 56.5 Å². The molecule has 1 unspecified atom stereocenters. The minimum Gasteiger partial charge on any atom is -0.463 e. The SMILES string of the molecule is CCOC(=O)C1=C(C)N=c2s/c(=C\c3cc([N+](=O)[O-])ccc3N3CCCC3)c(=O)n2C1c1ccc(F)cc1. The highest BCUT2D eigenvalue weighted by molar-refractivity contribution is 7.07. The van der Waals surface area contributed by atoms with Crippen molar-refractivity contribution in [3.63, 3.8) is 0 Å². The number of rotatable bonds is 6. The Kier molecular flexibility index (Phi) is 6.94. The number of nitro benzene ring substituents is 1. The molecule has 2 aromatic carbocycles. The van der Waals surface area contributed by atoms with E-state index >= 15 is 0 Å². The number of hydrogen-bond acceptors (Lipinski definition) is 8. The monoisotopic (exact) mass is 536 g/mol. The zero-order chi connectivity index (χ0) is 27.0. The van der Waals surface area contributed by atoms with Crippen molar-refractivity contribution in [2.75, 3.05) is 24.6 Å². The maximum absolute atomic E-state index is 13.8. The molecule has 9 nitrogen and oxygen atoms in total. The lowest BCUT2D eigenvalue weighted by atomic mass is 9.96. The average Bonchev–Trinajstić information content (AvgIpc) is 3.52. The second-order valence-corrected chi connectivity index (χ2v) is 10.1. The molecule has 1 saturated heterocycles. The molecule has 38 heavy (non-hydrogen) atoms. The molecule has 0 bridgehead atoms. The highest BCUT2D eigenvalue weighted by Crippen LogP contribution is 2.31. The third-order valence-electron chi connectivity index (χ3n) is 6.66. The second-order valence-electron chi connectivity index (χ2n) is 9.05. The van der Waals surface area contributed by atoms with E-state index in [1.165, 1.54) is 41.0 Å². The van der Waals surface area contributed by atoms with Gasteiger partial charge in [0.05, 0.1) is 33.4 Å². The van der Waals surface area contributed by atoms with E-state index in [4.69, 9.17) is 4.74 Å². The van der Waals surface area contributed by atoms with Gasteiger partial charge in [-0.2, -0.15) is 0 Å². The molecule has 11 heteroatoms. The van der Waals surface area contributed by atoms with E-state index < -0.39 is 28.3 Å². The third-order valence-corrected chi connectivity index (χ3v) is 7.64. The molecule has 2 aliphatic heterocycles. The molecule has 0 aliphatic carbocycles. The van der Waals surface area contributed by atoms with Gasteiger partial charge in [-0.15, -0.1) is 0 Å². The molecular weight excluding hydrogens is 511 g/mol. The molecule has 2 aliphatic rings. The number of nitrogens with zero attached hydrogens (tertiary/aromatic N) is 4. The minimum atomic E-state index is -0.865. The lowest BCUT2D eigenvalue weighted by molar-refractivity contribution is -0.384. The van der Waals surface area contributed by atoms with Crippen LogP contribution in [0.4, 0.5) is 15.8 Å². The summed E-state index contributed by atoms with van der Waals surface area (Å²) in [5.41, 5.74) is 2.03. The van der Waals surface area contributed by atoms with Crippen LogP contribution < -0.4 is 19.8 Å². The van der Waals surface area contributed by atoms with Crippen LogP contribution in [0.2, 0.25) is 0 Å². The Morgan fingerprint density at radius 2 is 1.95 bits per heavy atom. The van der Waals surface area contributed by atoms with Crippen molar-refractivity contribution >= 4 is 34.8 Å². The molecule has 5 rings (SSSR count). The predicted molar refractivity (Wildman–Crippen MR) is 141 cm³/mol. The molecular formula is C27H25FN4O5S. The number of carbonyl (C=O) groups excluding carboxylic acids is 1. The standard InChI is InChI=1S/C27H25FN4O5S/c1-3-37-26(34)23-16(2)29-27-31(24(23)17-6-8-19(28)9-7-17)25(33)22(38-27)15-18-14-20(32(35)36)10-11-21(18)30-12-4-5-13-30/h6-11,14-15,24H,3-5,12-13H2,1-2H3/b22-15-. The number of esters is 1. The molecule has 0 amide bonds. The summed E-state index contributed by atoms with van der Waals surface area (Å²) in [6.07, 6.45) is 3.69. The van der Waals surface area contributed by atoms with Gasteiger partial charge in [-0.1, -0.05) is 23.5 Å². The summed E-state index contributed by atoms with van der Waals surface area (Å²) in [5, 5.41) is 11.5. The fourth-order valence-electron chi connectivity index (χ4n) is 4.91. The fraction of sp³-hybridized carbons (Fsp3) is 0.296. The Hall–Kier alpha value is -4.12. The van der Waals surface area contributed by atoms with Crippen LogP contribution >= 0.6 is 11.3 Å². The maximum atomic E-state index is 13.8. The van der Waals surface area contributed by atoms with Crippen molar-refractivity contribution in [3.8, 4) is 0 Å². The number of halogens is 1. The molecule has 1 aromatic heterocycles. The van der Waals surface area contributed by atoms with E-state index in [0.717, 1.165) is 43.0 Å². The van der Waals surface area contributed by atoms with Gasteiger partial charge in [-0.25, -0.2) is 14.2 Å². The van der Waals surface area contributed by atoms with Crippen LogP contribution in [-0.2, 0) is 9.53 Å². The summed E-state index contributed by atoms with van der Waals surface area (Å²) < 4.78 is 20.7. The Labute approximate surface area is 221 Å². The van der Waals surface area contributed by atoms with Gasteiger partial charge in [0.2, 0.25) is 0 Å². The van der Waals surface area contributed by atoms with Gasteiger partial charge in [0.25, 0.3) is 11.2 Å². The normalized spacial score (nSPS) is 17.4. The van der Waals surface area contributed by atoms with Crippen molar-refractivity contribution in [1.82, 2.24) is 4.57 Å². The maximum Gasteiger partial charge on any atom is 0.338 e. The molecule has 0 N–H and O–H groups in total. The largest absolute Gasteiger partial charge is 0.463 e. The van der Waals surface area contributed by atoms with Crippen molar-refractivity contribution in [2.24, 2.45) is 4.99 Å². The van der Waals surface area contributed by atoms with Crippen molar-refractivity contribution in [3.05, 3.63) is 100 Å². The number of ether oxygens (including phenoxy) is 1. The summed E-state index contributed by atoms with van der Waals surface area (Å²) >= 11 is 1.13. The second kappa shape index (κ2) is 10.3. The Balaban J connectivity index is 1.72. The highest BCUT2D eigenvalue weighted by atomic mass is 32.1. The summed E-state index contributed by atoms with van der Waals surface area (Å²) in [7, 11) is 0. The third kappa shape index (κ3) is 4.65. The van der Waals surface area contributed by atoms with Crippen LogP contribution in [0.5, 0.6) is 0 Å². The van der Waals surface area contributed by atoms with Crippen LogP contribution in [0.1, 0.15) is 43.9 Å². The number of non-ortho nitro benzene ring substituents is 1. The predicted octanol–water partition coefficient (Wildman–Crippen LogP) is 3.45. The summed E-state index contributed by atoms with van der Waals surface area (Å²) in [6, 6.07) is 9.40. The first-order chi connectivity index (χ1) is 18.3. The number of carbonyl (C=O) groups is 1. The van der Waals surface area contributed by atoms with Crippen LogP contribution in [0, 0.1) is 15.9 Å². The molecule has 0 radical (unpaired) electrons. The van der Waals surface area contributed by atoms with Crippen LogP contribution in [0.15, 0.2) is 63.5 Å². The van der Waals surface area contributed by atoms with Crippen LogP contribution in [-0.4, -0.2) is 35.2 Å². The van der Waals surface area contributed by atoms with E-state index in [0.29, 0.717) is 26.2 Å². The summed E-state index contributed by atoms with van der Waals surface area (Å²) in [6.45, 7) is 5.15. The number of nitro groups is 1. The first kappa shape index (κ1) is 25.5. The molecule has 196 valence electrons. The zero-order valence-corrected chi connectivity index (χ0v) is 21.7. The Morgan fingerprint density at radius 1 is 1.24 bits per heavy atom. The summed E-state index contributed by atoms with van der Waals surface area (Å²) in [5.74, 6) is -1.05. The topological polar surface area (TPSA) is 107 Å². The van der Waals surface area contributed by atoms with E-state index in [9.17, 15) is 24.1 Å². The number of hydrogen-bond donors (Lipinski definition) is 0. The van der Waals surface area contributed by atoms with Crippen LogP contribution in [0.25, 0.3) is 6.08 Å². The first-order valence-corrected chi connectivity index (χ1v) is 13.1. The average molecular weight is 537 g/mol. The summed E-state index contributed by atoms with van der Waals surface area (Å²) in [4.78, 5) is 44.9. The number of aromatic nitrogens is 1. The fourth-order valence-corrected chi connectivity index (χ4v) is 5.95. The highest BCUT2D eigenvalue weighted by Gasteiger charge is 2.33. The number of anilines is 1. The van der Waals surface area contributed by atoms with Crippen molar-refractivity contribution < 1.29 is 18.8 Å². The Morgan fingerprint density at radius 3 is 2.61 bits per heavy atom. The van der Waals surface area contributed by atoms with E-state index in [1.807, 2.05) is 0 Å². The van der Waals surface area contributed by atoms with Crippen LogP contribution in [0.3, 0.4) is 0 Å². The molecule has 3 aromatic rings. The smallest absolute Gasteiger partial charge is 0.338 e. The van der Waals surface area contributed by atoms with E-state index in [2.05, 4.69) is 9.89 Å². The zero-order valence-electron chi connectivity index (χ0n) is 20.8. The lowest BCUT2D eigenvalue weighted by Crippen LogP contribution is -2.40. The lowest BCUT2D eigenvalue weighted by Gasteiger charge is -2.24. The van der Waals surface area contributed by atoms with E-state index in [1.54, 1.807) is 26.0 Å². The van der Waals surface area contributed by atoms with Gasteiger partial charge in [-0.3, -0.25) is 19.5 Å². The minimum absolute atomic E-state index is 0.0726. The van der Waals surface area contributed by atoms with Crippen molar-refractivity contribution in [2.45, 2.75) is 32.7 Å².